The molecule has 0 aromatic heterocycles. The van der Waals surface area contributed by atoms with Gasteiger partial charge < -0.3 is 10.6 Å². The average Bonchev–Trinajstić information content (AvgIpc) is 2.19. The summed E-state index contributed by atoms with van der Waals surface area (Å²) in [6.45, 7) is 2.76. The van der Waals surface area contributed by atoms with E-state index in [0.29, 0.717) is 6.42 Å². The molecule has 14 heavy (non-hydrogen) atoms. The van der Waals surface area contributed by atoms with Crippen molar-refractivity contribution in [2.45, 2.75) is 13.3 Å². The van der Waals surface area contributed by atoms with Crippen LogP contribution < -0.4 is 10.6 Å². The van der Waals surface area contributed by atoms with Gasteiger partial charge in [-0.05, 0) is 24.6 Å². The topological polar surface area (TPSA) is 41.1 Å². The Morgan fingerprint density at radius 3 is 2.93 bits per heavy atom. The van der Waals surface area contributed by atoms with Gasteiger partial charge in [-0.3, -0.25) is 4.79 Å². The van der Waals surface area contributed by atoms with E-state index in [1.54, 1.807) is 0 Å². The van der Waals surface area contributed by atoms with Crippen molar-refractivity contribution in [2.75, 3.05) is 24.2 Å². The van der Waals surface area contributed by atoms with Gasteiger partial charge in [0.15, 0.2) is 5.78 Å². The quantitative estimate of drug-likeness (QED) is 0.712. The van der Waals surface area contributed by atoms with Crippen LogP contribution in [0.2, 0.25) is 0 Å². The highest BCUT2D eigenvalue weighted by atomic mass is 16.1. The lowest BCUT2D eigenvalue weighted by Gasteiger charge is -2.19. The Morgan fingerprint density at radius 1 is 1.43 bits per heavy atom. The summed E-state index contributed by atoms with van der Waals surface area (Å²) in [5, 5.41) is 6.34. The molecule has 0 saturated carbocycles. The molecule has 1 aliphatic heterocycles. The number of fused-ring (bicyclic) bond motifs is 1. The molecule has 2 N–H and O–H groups in total. The molecular formula is C11H14N2O. The molecule has 1 aromatic carbocycles. The van der Waals surface area contributed by atoms with Crippen LogP contribution in [0, 0.1) is 6.92 Å². The summed E-state index contributed by atoms with van der Waals surface area (Å²) in [6, 6.07) is 3.96. The summed E-state index contributed by atoms with van der Waals surface area (Å²) >= 11 is 0. The molecule has 3 nitrogen and oxygen atoms in total. The third-order valence-corrected chi connectivity index (χ3v) is 2.60. The second kappa shape index (κ2) is 3.33. The second-order valence-corrected chi connectivity index (χ2v) is 3.56. The predicted octanol–water partition coefficient (Wildman–Crippen LogP) is 2.04. The number of hydrogen-bond acceptors (Lipinski definition) is 3. The van der Waals surface area contributed by atoms with Crippen LogP contribution in [0.1, 0.15) is 22.3 Å². The third kappa shape index (κ3) is 1.35. The number of hydrogen-bond donors (Lipinski definition) is 2. The average molecular weight is 190 g/mol. The molecule has 2 rings (SSSR count). The Balaban J connectivity index is 2.54. The minimum Gasteiger partial charge on any atom is -0.388 e. The maximum atomic E-state index is 11.6. The van der Waals surface area contributed by atoms with Crippen LogP contribution in [-0.2, 0) is 0 Å². The first-order valence-corrected chi connectivity index (χ1v) is 4.82. The van der Waals surface area contributed by atoms with Crippen molar-refractivity contribution >= 4 is 17.2 Å². The van der Waals surface area contributed by atoms with E-state index in [1.807, 2.05) is 26.1 Å². The van der Waals surface area contributed by atoms with Crippen molar-refractivity contribution in [3.8, 4) is 0 Å². The van der Waals surface area contributed by atoms with Gasteiger partial charge in [-0.1, -0.05) is 0 Å². The van der Waals surface area contributed by atoms with Crippen LogP contribution >= 0.6 is 0 Å². The summed E-state index contributed by atoms with van der Waals surface area (Å²) in [4.78, 5) is 11.6. The maximum Gasteiger partial charge on any atom is 0.166 e. The Hall–Kier alpha value is -1.51. The van der Waals surface area contributed by atoms with Crippen molar-refractivity contribution in [1.29, 1.82) is 0 Å². The first-order chi connectivity index (χ1) is 6.72. The molecule has 0 aliphatic carbocycles. The van der Waals surface area contributed by atoms with Gasteiger partial charge >= 0.3 is 0 Å². The number of Topliss-reactive ketones (excluding diaryl/α,β-unsaturated/α-hetero) is 1. The van der Waals surface area contributed by atoms with Crippen molar-refractivity contribution in [3.05, 3.63) is 23.3 Å². The Kier molecular flexibility index (Phi) is 2.15. The maximum absolute atomic E-state index is 11.6. The molecule has 0 fully saturated rings. The van der Waals surface area contributed by atoms with Crippen LogP contribution in [0.4, 0.5) is 11.4 Å². The summed E-state index contributed by atoms with van der Waals surface area (Å²) in [5.74, 6) is 0.240. The fourth-order valence-electron chi connectivity index (χ4n) is 1.80. The molecule has 0 atom stereocenters. The van der Waals surface area contributed by atoms with Crippen molar-refractivity contribution in [2.24, 2.45) is 0 Å². The van der Waals surface area contributed by atoms with Gasteiger partial charge in [-0.25, -0.2) is 0 Å². The number of anilines is 2. The number of carbonyl (C=O) groups excluding carboxylic acids is 1. The smallest absolute Gasteiger partial charge is 0.166 e. The fourth-order valence-corrected chi connectivity index (χ4v) is 1.80. The molecule has 3 heteroatoms. The van der Waals surface area contributed by atoms with Crippen LogP contribution in [-0.4, -0.2) is 19.4 Å². The van der Waals surface area contributed by atoms with E-state index >= 15 is 0 Å². The van der Waals surface area contributed by atoms with Gasteiger partial charge in [0.25, 0.3) is 0 Å². The minimum atomic E-state index is 0.240. The Morgan fingerprint density at radius 2 is 2.21 bits per heavy atom. The van der Waals surface area contributed by atoms with Gasteiger partial charge in [0.2, 0.25) is 0 Å². The molecule has 0 amide bonds. The lowest BCUT2D eigenvalue weighted by atomic mass is 9.99. The van der Waals surface area contributed by atoms with Gasteiger partial charge in [-0.15, -0.1) is 0 Å². The highest BCUT2D eigenvalue weighted by Gasteiger charge is 2.17. The van der Waals surface area contributed by atoms with Gasteiger partial charge in [0.05, 0.1) is 0 Å². The van der Waals surface area contributed by atoms with Gasteiger partial charge in [0, 0.05) is 37.0 Å². The van der Waals surface area contributed by atoms with Gasteiger partial charge in [-0.2, -0.15) is 0 Å². The molecule has 0 saturated heterocycles. The SMILES string of the molecule is CNc1cc2c(cc1C)C(=O)CCN2. The Bertz CT molecular complexity index is 385. The van der Waals surface area contributed by atoms with Gasteiger partial charge in [0.1, 0.15) is 0 Å². The lowest BCUT2D eigenvalue weighted by Crippen LogP contribution is -2.18. The monoisotopic (exact) mass is 190 g/mol. The number of benzene rings is 1. The predicted molar refractivity (Wildman–Crippen MR) is 58.2 cm³/mol. The molecule has 1 heterocycles. The summed E-state index contributed by atoms with van der Waals surface area (Å²) in [7, 11) is 1.89. The second-order valence-electron chi connectivity index (χ2n) is 3.56. The van der Waals surface area contributed by atoms with E-state index < -0.39 is 0 Å². The number of ketones is 1. The van der Waals surface area contributed by atoms with Crippen LogP contribution in [0.25, 0.3) is 0 Å². The molecule has 74 valence electrons. The fraction of sp³-hybridized carbons (Fsp3) is 0.364. The first kappa shape index (κ1) is 9.06. The third-order valence-electron chi connectivity index (χ3n) is 2.60. The highest BCUT2D eigenvalue weighted by molar-refractivity contribution is 6.04. The zero-order valence-electron chi connectivity index (χ0n) is 8.48. The first-order valence-electron chi connectivity index (χ1n) is 4.82. The molecule has 1 aliphatic rings. The van der Waals surface area contributed by atoms with E-state index in [4.69, 9.17) is 0 Å². The van der Waals surface area contributed by atoms with E-state index in [1.165, 1.54) is 0 Å². The standard InChI is InChI=1S/C11H14N2O/c1-7-5-8-10(6-9(7)12-2)13-4-3-11(8)14/h5-6,12-13H,3-4H2,1-2H3. The molecule has 0 bridgehead atoms. The molecule has 0 spiro atoms. The summed E-state index contributed by atoms with van der Waals surface area (Å²) in [6.07, 6.45) is 0.603. The largest absolute Gasteiger partial charge is 0.388 e. The zero-order valence-corrected chi connectivity index (χ0v) is 8.48. The number of aryl methyl sites for hydroxylation is 1. The number of rotatable bonds is 1. The van der Waals surface area contributed by atoms with E-state index in [9.17, 15) is 4.79 Å². The Labute approximate surface area is 83.5 Å². The zero-order chi connectivity index (χ0) is 10.1. The highest BCUT2D eigenvalue weighted by Crippen LogP contribution is 2.28. The molecule has 0 radical (unpaired) electrons. The van der Waals surface area contributed by atoms with Crippen molar-refractivity contribution in [1.82, 2.24) is 0 Å². The number of nitrogens with one attached hydrogen (secondary N) is 2. The van der Waals surface area contributed by atoms with Crippen molar-refractivity contribution < 1.29 is 4.79 Å². The van der Waals surface area contributed by atoms with Crippen LogP contribution in [0.5, 0.6) is 0 Å². The normalized spacial score (nSPS) is 14.6. The summed E-state index contributed by atoms with van der Waals surface area (Å²) in [5.41, 5.74) is 3.97. The van der Waals surface area contributed by atoms with Crippen LogP contribution in [0.15, 0.2) is 12.1 Å². The summed E-state index contributed by atoms with van der Waals surface area (Å²) < 4.78 is 0. The van der Waals surface area contributed by atoms with Crippen LogP contribution in [0.3, 0.4) is 0 Å². The molecule has 1 aromatic rings. The molecular weight excluding hydrogens is 176 g/mol. The van der Waals surface area contributed by atoms with Crippen molar-refractivity contribution in [3.63, 3.8) is 0 Å². The minimum absolute atomic E-state index is 0.240. The lowest BCUT2D eigenvalue weighted by molar-refractivity contribution is 0.0983. The number of carbonyl (C=O) groups is 1. The molecule has 0 unspecified atom stereocenters. The van der Waals surface area contributed by atoms with E-state index in [0.717, 1.165) is 29.0 Å². The van der Waals surface area contributed by atoms with E-state index in [-0.39, 0.29) is 5.78 Å². The van der Waals surface area contributed by atoms with E-state index in [2.05, 4.69) is 10.6 Å².